The minimum atomic E-state index is -0.524. The van der Waals surface area contributed by atoms with Crippen LogP contribution in [0.15, 0.2) is 42.6 Å². The summed E-state index contributed by atoms with van der Waals surface area (Å²) in [4.78, 5) is 37.8. The summed E-state index contributed by atoms with van der Waals surface area (Å²) in [6, 6.07) is 8.67. The van der Waals surface area contributed by atoms with Crippen molar-refractivity contribution < 1.29 is 9.59 Å². The van der Waals surface area contributed by atoms with Crippen molar-refractivity contribution in [1.82, 2.24) is 25.1 Å². The van der Waals surface area contributed by atoms with Gasteiger partial charge in [-0.15, -0.1) is 0 Å². The molecule has 1 heterocycles. The number of nitrogens with one attached hydrogen (secondary N) is 3. The number of rotatable bonds is 15. The zero-order chi connectivity index (χ0) is 27.9. The number of hydrogen-bond donors (Lipinski definition) is 3. The van der Waals surface area contributed by atoms with E-state index in [1.54, 1.807) is 31.5 Å². The molecule has 2 rings (SSSR count). The lowest BCUT2D eigenvalue weighted by molar-refractivity contribution is -0.135. The van der Waals surface area contributed by atoms with Crippen molar-refractivity contribution >= 4 is 29.3 Å². The van der Waals surface area contributed by atoms with Gasteiger partial charge in [-0.25, -0.2) is 4.98 Å². The predicted octanol–water partition coefficient (Wildman–Crippen LogP) is 3.32. The van der Waals surface area contributed by atoms with E-state index in [1.165, 1.54) is 11.0 Å². The van der Waals surface area contributed by atoms with Crippen molar-refractivity contribution in [2.24, 2.45) is 0 Å². The molecule has 0 aliphatic rings. The first-order valence-corrected chi connectivity index (χ1v) is 13.0. The third-order valence-electron chi connectivity index (χ3n) is 5.83. The highest BCUT2D eigenvalue weighted by Crippen LogP contribution is 2.19. The topological polar surface area (TPSA) is 126 Å². The van der Waals surface area contributed by atoms with Gasteiger partial charge in [-0.05, 0) is 64.0 Å². The number of amides is 2. The fourth-order valence-corrected chi connectivity index (χ4v) is 3.68. The number of hydrogen-bond acceptors (Lipinski definition) is 8. The fourth-order valence-electron chi connectivity index (χ4n) is 3.68. The van der Waals surface area contributed by atoms with E-state index in [0.29, 0.717) is 43.9 Å². The molecule has 0 fully saturated rings. The second-order valence-electron chi connectivity index (χ2n) is 9.24. The van der Waals surface area contributed by atoms with E-state index in [-0.39, 0.29) is 11.8 Å². The lowest BCUT2D eigenvalue weighted by atomic mass is 10.1. The molecule has 3 N–H and O–H groups in total. The molecule has 1 atom stereocenters. The van der Waals surface area contributed by atoms with Gasteiger partial charge in [-0.3, -0.25) is 9.59 Å². The molecule has 0 bridgehead atoms. The van der Waals surface area contributed by atoms with E-state index in [4.69, 9.17) is 5.26 Å². The summed E-state index contributed by atoms with van der Waals surface area (Å²) >= 11 is 0. The van der Waals surface area contributed by atoms with Crippen LogP contribution in [0.2, 0.25) is 0 Å². The number of nitrogens with zero attached hydrogens (tertiary/aromatic N) is 5. The molecule has 2 aromatic rings. The molecule has 10 nitrogen and oxygen atoms in total. The highest BCUT2D eigenvalue weighted by Gasteiger charge is 2.23. The Labute approximate surface area is 226 Å². The monoisotopic (exact) mass is 520 g/mol. The van der Waals surface area contributed by atoms with Crippen LogP contribution in [0, 0.1) is 11.3 Å². The maximum Gasteiger partial charge on any atom is 0.246 e. The number of nitriles is 1. The summed E-state index contributed by atoms with van der Waals surface area (Å²) in [5.74, 6) is 0.869. The summed E-state index contributed by atoms with van der Waals surface area (Å²) < 4.78 is 0. The summed E-state index contributed by atoms with van der Waals surface area (Å²) in [7, 11) is 5.52. The van der Waals surface area contributed by atoms with E-state index >= 15 is 0 Å². The standard InChI is InChI=1S/C28H40N8O2/c1-6-16-30-26-22(20-32-28(34-26)33-23-14-12-21(19-29)13-15-23)10-8-17-31-27(38)24(7-2)36(5)25(37)11-9-18-35(3)4/h9,11-15,20,24H,6-8,10,16-18H2,1-5H3,(H,31,38)(H2,30,32,33,34)/b11-9+/t24-/m0/s1. The van der Waals surface area contributed by atoms with Gasteiger partial charge in [0.2, 0.25) is 17.8 Å². The normalized spacial score (nSPS) is 11.7. The second-order valence-corrected chi connectivity index (χ2v) is 9.24. The summed E-state index contributed by atoms with van der Waals surface area (Å²) in [5, 5.41) is 18.5. The van der Waals surface area contributed by atoms with Gasteiger partial charge in [-0.1, -0.05) is 19.9 Å². The van der Waals surface area contributed by atoms with Gasteiger partial charge >= 0.3 is 0 Å². The Balaban J connectivity index is 1.94. The number of carbonyl (C=O) groups is 2. The molecule has 0 radical (unpaired) electrons. The highest BCUT2D eigenvalue weighted by atomic mass is 16.2. The van der Waals surface area contributed by atoms with E-state index in [2.05, 4.69) is 38.9 Å². The average Bonchev–Trinajstić information content (AvgIpc) is 2.91. The first-order chi connectivity index (χ1) is 18.3. The molecule has 0 aliphatic heterocycles. The van der Waals surface area contributed by atoms with Gasteiger partial charge in [0, 0.05) is 50.2 Å². The highest BCUT2D eigenvalue weighted by molar-refractivity contribution is 5.92. The molecule has 10 heteroatoms. The molecule has 0 unspecified atom stereocenters. The Kier molecular flexibility index (Phi) is 12.7. The van der Waals surface area contributed by atoms with Crippen molar-refractivity contribution in [1.29, 1.82) is 5.26 Å². The van der Waals surface area contributed by atoms with Crippen LogP contribution in [-0.2, 0) is 16.0 Å². The summed E-state index contributed by atoms with van der Waals surface area (Å²) in [6.45, 7) is 5.90. The minimum Gasteiger partial charge on any atom is -0.370 e. The smallest absolute Gasteiger partial charge is 0.246 e. The quantitative estimate of drug-likeness (QED) is 0.241. The molecule has 2 amide bonds. The zero-order valence-corrected chi connectivity index (χ0v) is 23.1. The van der Waals surface area contributed by atoms with E-state index < -0.39 is 6.04 Å². The minimum absolute atomic E-state index is 0.160. The lowest BCUT2D eigenvalue weighted by Gasteiger charge is -2.25. The van der Waals surface area contributed by atoms with Crippen molar-refractivity contribution in [2.75, 3.05) is 51.4 Å². The van der Waals surface area contributed by atoms with Crippen LogP contribution < -0.4 is 16.0 Å². The van der Waals surface area contributed by atoms with Crippen molar-refractivity contribution in [3.63, 3.8) is 0 Å². The van der Waals surface area contributed by atoms with E-state index in [1.807, 2.05) is 38.1 Å². The molecule has 38 heavy (non-hydrogen) atoms. The van der Waals surface area contributed by atoms with Gasteiger partial charge in [-0.2, -0.15) is 10.2 Å². The Morgan fingerprint density at radius 2 is 1.87 bits per heavy atom. The van der Waals surface area contributed by atoms with Crippen molar-refractivity contribution in [2.45, 2.75) is 45.6 Å². The van der Waals surface area contributed by atoms with Crippen LogP contribution in [0.4, 0.5) is 17.5 Å². The first kappa shape index (κ1) is 30.3. The molecule has 0 saturated heterocycles. The van der Waals surface area contributed by atoms with Crippen LogP contribution in [0.25, 0.3) is 0 Å². The average molecular weight is 521 g/mol. The van der Waals surface area contributed by atoms with Gasteiger partial charge in [0.05, 0.1) is 11.6 Å². The molecule has 204 valence electrons. The Morgan fingerprint density at radius 1 is 1.13 bits per heavy atom. The van der Waals surface area contributed by atoms with Gasteiger partial charge in [0.15, 0.2) is 0 Å². The fraction of sp³-hybridized carbons (Fsp3) is 0.464. The molecule has 1 aromatic carbocycles. The predicted molar refractivity (Wildman–Crippen MR) is 151 cm³/mol. The Bertz CT molecular complexity index is 1110. The van der Waals surface area contributed by atoms with Crippen molar-refractivity contribution in [3.8, 4) is 6.07 Å². The zero-order valence-electron chi connectivity index (χ0n) is 23.1. The third kappa shape index (κ3) is 9.82. The molecule has 0 spiro atoms. The largest absolute Gasteiger partial charge is 0.370 e. The molecule has 0 aliphatic carbocycles. The number of benzene rings is 1. The van der Waals surface area contributed by atoms with Crippen LogP contribution in [0.3, 0.4) is 0 Å². The molecule has 1 aromatic heterocycles. The number of carbonyl (C=O) groups excluding carboxylic acids is 2. The Morgan fingerprint density at radius 3 is 2.50 bits per heavy atom. The summed E-state index contributed by atoms with van der Waals surface area (Å²) in [5.41, 5.74) is 2.34. The van der Waals surface area contributed by atoms with Crippen LogP contribution in [-0.4, -0.2) is 78.4 Å². The molecular formula is C28H40N8O2. The molecule has 0 saturated carbocycles. The SMILES string of the molecule is CCCNc1nc(Nc2ccc(C#N)cc2)ncc1CCCNC(=O)[C@H](CC)N(C)C(=O)/C=C/CN(C)C. The van der Waals surface area contributed by atoms with Gasteiger partial charge in [0.1, 0.15) is 11.9 Å². The van der Waals surface area contributed by atoms with Crippen LogP contribution in [0.5, 0.6) is 0 Å². The number of anilines is 3. The second kappa shape index (κ2) is 16.0. The third-order valence-corrected chi connectivity index (χ3v) is 5.83. The van der Waals surface area contributed by atoms with E-state index in [0.717, 1.165) is 30.0 Å². The van der Waals surface area contributed by atoms with E-state index in [9.17, 15) is 9.59 Å². The van der Waals surface area contributed by atoms with Crippen LogP contribution >= 0.6 is 0 Å². The van der Waals surface area contributed by atoms with Gasteiger partial charge in [0.25, 0.3) is 0 Å². The van der Waals surface area contributed by atoms with Crippen LogP contribution in [0.1, 0.15) is 44.2 Å². The summed E-state index contributed by atoms with van der Waals surface area (Å²) in [6.07, 6.45) is 7.97. The number of aryl methyl sites for hydroxylation is 1. The Hall–Kier alpha value is -3.97. The maximum absolute atomic E-state index is 12.8. The number of likely N-dealkylation sites (N-methyl/N-ethyl adjacent to an activating group) is 2. The number of aromatic nitrogens is 2. The first-order valence-electron chi connectivity index (χ1n) is 13.0. The van der Waals surface area contributed by atoms with Gasteiger partial charge < -0.3 is 25.8 Å². The lowest BCUT2D eigenvalue weighted by Crippen LogP contribution is -2.47. The molecular weight excluding hydrogens is 480 g/mol. The van der Waals surface area contributed by atoms with Crippen molar-refractivity contribution in [3.05, 3.63) is 53.7 Å². The maximum atomic E-state index is 12.8.